The zero-order valence-electron chi connectivity index (χ0n) is 12.7. The molecule has 1 saturated carbocycles. The number of benzene rings is 1. The number of aryl methyl sites for hydroxylation is 1. The van der Waals surface area contributed by atoms with Crippen molar-refractivity contribution in [1.29, 1.82) is 0 Å². The van der Waals surface area contributed by atoms with Gasteiger partial charge in [0.05, 0.1) is 31.1 Å². The predicted octanol–water partition coefficient (Wildman–Crippen LogP) is 1.01. The highest BCUT2D eigenvalue weighted by atomic mass is 32.2. The highest BCUT2D eigenvalue weighted by Gasteiger charge is 2.44. The third kappa shape index (κ3) is 3.15. The van der Waals surface area contributed by atoms with Crippen LogP contribution in [0.2, 0.25) is 0 Å². The van der Waals surface area contributed by atoms with Crippen molar-refractivity contribution < 1.29 is 17.5 Å². The molecule has 2 unspecified atom stereocenters. The molecular formula is C16H24NO3S+. The summed E-state index contributed by atoms with van der Waals surface area (Å²) in [5, 5.41) is 0. The number of quaternary nitrogens is 1. The van der Waals surface area contributed by atoms with Crippen molar-refractivity contribution in [1.82, 2.24) is 0 Å². The van der Waals surface area contributed by atoms with Crippen molar-refractivity contribution in [3.8, 4) is 0 Å². The summed E-state index contributed by atoms with van der Waals surface area (Å²) in [6.07, 6.45) is 3.24. The fourth-order valence-electron chi connectivity index (χ4n) is 3.83. The number of hydrogen-bond acceptors (Lipinski definition) is 3. The van der Waals surface area contributed by atoms with E-state index in [-0.39, 0.29) is 11.0 Å². The lowest BCUT2D eigenvalue weighted by atomic mass is 9.75. The maximum absolute atomic E-state index is 12.5. The van der Waals surface area contributed by atoms with Crippen molar-refractivity contribution in [2.24, 2.45) is 11.8 Å². The predicted molar refractivity (Wildman–Crippen MR) is 80.7 cm³/mol. The zero-order valence-corrected chi connectivity index (χ0v) is 13.5. The van der Waals surface area contributed by atoms with E-state index >= 15 is 0 Å². The molecule has 3 rings (SSSR count). The molecular weight excluding hydrogens is 286 g/mol. The molecule has 1 aliphatic carbocycles. The number of rotatable bonds is 3. The second-order valence-electron chi connectivity index (χ2n) is 6.64. The summed E-state index contributed by atoms with van der Waals surface area (Å²) >= 11 is 0. The Morgan fingerprint density at radius 3 is 2.24 bits per heavy atom. The van der Waals surface area contributed by atoms with Gasteiger partial charge < -0.3 is 4.90 Å². The molecule has 1 N–H and O–H groups in total. The Morgan fingerprint density at radius 1 is 1.10 bits per heavy atom. The molecule has 1 saturated heterocycles. The van der Waals surface area contributed by atoms with Crippen LogP contribution in [0, 0.1) is 18.8 Å². The quantitative estimate of drug-likeness (QED) is 0.848. The van der Waals surface area contributed by atoms with E-state index in [1.165, 1.54) is 11.3 Å². The van der Waals surface area contributed by atoms with Crippen LogP contribution in [0.15, 0.2) is 29.2 Å². The minimum Gasteiger partial charge on any atom is -0.337 e. The molecule has 0 aromatic heterocycles. The average molecular weight is 310 g/mol. The lowest BCUT2D eigenvalue weighted by Gasteiger charge is -2.42. The van der Waals surface area contributed by atoms with E-state index in [1.54, 1.807) is 12.1 Å². The van der Waals surface area contributed by atoms with E-state index in [1.807, 2.05) is 19.1 Å². The first-order valence-corrected chi connectivity index (χ1v) is 9.18. The van der Waals surface area contributed by atoms with E-state index in [9.17, 15) is 8.42 Å². The molecule has 5 heteroatoms. The number of piperidine rings is 1. The number of fused-ring (bicyclic) bond motifs is 2. The Kier molecular flexibility index (Phi) is 4.08. The summed E-state index contributed by atoms with van der Waals surface area (Å²) in [5.74, 6) is 0.746. The van der Waals surface area contributed by atoms with E-state index in [2.05, 4.69) is 7.05 Å². The Morgan fingerprint density at radius 2 is 1.67 bits per heavy atom. The highest BCUT2D eigenvalue weighted by Crippen LogP contribution is 2.34. The monoisotopic (exact) mass is 310 g/mol. The lowest BCUT2D eigenvalue weighted by Crippen LogP contribution is -3.12. The topological polar surface area (TPSA) is 47.8 Å². The lowest BCUT2D eigenvalue weighted by molar-refractivity contribution is -0.895. The second kappa shape index (κ2) is 5.71. The van der Waals surface area contributed by atoms with Crippen LogP contribution in [0.3, 0.4) is 0 Å². The van der Waals surface area contributed by atoms with Crippen LogP contribution in [-0.2, 0) is 14.3 Å². The Balaban J connectivity index is 1.80. The molecule has 1 aromatic rings. The van der Waals surface area contributed by atoms with Crippen LogP contribution in [0.1, 0.15) is 24.8 Å². The van der Waals surface area contributed by atoms with Gasteiger partial charge in [-0.25, -0.2) is 0 Å². The van der Waals surface area contributed by atoms with E-state index in [0.717, 1.165) is 31.5 Å². The van der Waals surface area contributed by atoms with Crippen LogP contribution >= 0.6 is 0 Å². The summed E-state index contributed by atoms with van der Waals surface area (Å²) in [5.41, 5.74) is 1.05. The Hall–Kier alpha value is -0.910. The molecule has 1 aliphatic heterocycles. The number of hydrogen-bond donors (Lipinski definition) is 1. The van der Waals surface area contributed by atoms with Gasteiger partial charge in [-0.15, -0.1) is 0 Å². The van der Waals surface area contributed by atoms with E-state index in [4.69, 9.17) is 4.18 Å². The molecule has 0 amide bonds. The molecule has 2 bridgehead atoms. The molecule has 116 valence electrons. The van der Waals surface area contributed by atoms with Crippen molar-refractivity contribution in [2.45, 2.75) is 37.2 Å². The summed E-state index contributed by atoms with van der Waals surface area (Å²) in [7, 11) is -1.45. The van der Waals surface area contributed by atoms with Crippen molar-refractivity contribution in [2.75, 3.05) is 20.1 Å². The Bertz CT molecular complexity index is 582. The molecule has 4 nitrogen and oxygen atoms in total. The van der Waals surface area contributed by atoms with Gasteiger partial charge in [-0.05, 0) is 31.9 Å². The van der Waals surface area contributed by atoms with Crippen molar-refractivity contribution in [3.05, 3.63) is 29.8 Å². The Labute approximate surface area is 127 Å². The van der Waals surface area contributed by atoms with Gasteiger partial charge in [-0.3, -0.25) is 4.18 Å². The molecule has 0 spiro atoms. The molecule has 1 heterocycles. The van der Waals surface area contributed by atoms with Gasteiger partial charge in [-0.2, -0.15) is 8.42 Å². The summed E-state index contributed by atoms with van der Waals surface area (Å²) in [6.45, 7) is 3.98. The first kappa shape index (κ1) is 15.0. The minimum atomic E-state index is -3.65. The number of nitrogens with one attached hydrogen (secondary N) is 1. The van der Waals surface area contributed by atoms with Gasteiger partial charge >= 0.3 is 0 Å². The smallest absolute Gasteiger partial charge is 0.297 e. The van der Waals surface area contributed by atoms with E-state index < -0.39 is 10.1 Å². The summed E-state index contributed by atoms with van der Waals surface area (Å²) < 4.78 is 30.7. The van der Waals surface area contributed by atoms with E-state index in [0.29, 0.717) is 11.8 Å². The molecule has 0 radical (unpaired) electrons. The molecule has 2 aliphatic rings. The van der Waals surface area contributed by atoms with Gasteiger partial charge in [0.1, 0.15) is 0 Å². The first-order chi connectivity index (χ1) is 9.95. The maximum atomic E-state index is 12.5. The first-order valence-electron chi connectivity index (χ1n) is 7.77. The van der Waals surface area contributed by atoms with Gasteiger partial charge in [0.2, 0.25) is 0 Å². The van der Waals surface area contributed by atoms with Crippen LogP contribution in [0.5, 0.6) is 0 Å². The van der Waals surface area contributed by atoms with Gasteiger partial charge in [0.25, 0.3) is 10.1 Å². The SMILES string of the molecule is Cc1ccc(S(=O)(=O)OC2[C@@H]3CCC[C@H]2C[NH+](C)C3)cc1. The second-order valence-corrected chi connectivity index (χ2v) is 8.22. The summed E-state index contributed by atoms with van der Waals surface area (Å²) in [6, 6.07) is 6.91. The summed E-state index contributed by atoms with van der Waals surface area (Å²) in [4.78, 5) is 1.77. The third-order valence-corrected chi connectivity index (χ3v) is 6.17. The standard InChI is InChI=1S/C16H23NO3S/c1-12-6-8-15(9-7-12)21(18,19)20-16-13-4-3-5-14(16)11-17(2)10-13/h6-9,13-14,16H,3-5,10-11H2,1-2H3/p+1/t13-,14+,16?. The van der Waals surface area contributed by atoms with Crippen molar-refractivity contribution >= 4 is 10.1 Å². The number of likely N-dealkylation sites (tertiary alicyclic amines) is 1. The fraction of sp³-hybridized carbons (Fsp3) is 0.625. The average Bonchev–Trinajstić information content (AvgIpc) is 2.40. The van der Waals surface area contributed by atoms with Crippen LogP contribution in [-0.4, -0.2) is 34.7 Å². The van der Waals surface area contributed by atoms with Crippen LogP contribution < -0.4 is 4.90 Å². The zero-order chi connectivity index (χ0) is 15.0. The molecule has 4 atom stereocenters. The van der Waals surface area contributed by atoms with Crippen LogP contribution in [0.25, 0.3) is 0 Å². The fourth-order valence-corrected chi connectivity index (χ4v) is 5.02. The maximum Gasteiger partial charge on any atom is 0.297 e. The minimum absolute atomic E-state index is 0.131. The van der Waals surface area contributed by atoms with Gasteiger partial charge in [-0.1, -0.05) is 24.1 Å². The molecule has 1 aromatic carbocycles. The third-order valence-electron chi connectivity index (χ3n) is 4.85. The molecule has 2 fully saturated rings. The largest absolute Gasteiger partial charge is 0.337 e. The van der Waals surface area contributed by atoms with Crippen molar-refractivity contribution in [3.63, 3.8) is 0 Å². The normalized spacial score (nSPS) is 32.9. The van der Waals surface area contributed by atoms with Gasteiger partial charge in [0.15, 0.2) is 0 Å². The van der Waals surface area contributed by atoms with Gasteiger partial charge in [0, 0.05) is 11.8 Å². The highest BCUT2D eigenvalue weighted by molar-refractivity contribution is 7.86. The molecule has 21 heavy (non-hydrogen) atoms. The van der Waals surface area contributed by atoms with Crippen LogP contribution in [0.4, 0.5) is 0 Å².